The minimum absolute atomic E-state index is 0.241. The van der Waals surface area contributed by atoms with Crippen LogP contribution >= 0.6 is 22.9 Å². The van der Waals surface area contributed by atoms with E-state index in [1.807, 2.05) is 30.3 Å². The Morgan fingerprint density at radius 1 is 1.12 bits per heavy atom. The summed E-state index contributed by atoms with van der Waals surface area (Å²) in [6, 6.07) is 14.1. The van der Waals surface area contributed by atoms with Crippen LogP contribution in [-0.4, -0.2) is 9.97 Å². The van der Waals surface area contributed by atoms with Crippen LogP contribution in [0.3, 0.4) is 0 Å². The van der Waals surface area contributed by atoms with Gasteiger partial charge in [0.15, 0.2) is 0 Å². The number of hydrogen-bond donors (Lipinski definition) is 1. The van der Waals surface area contributed by atoms with Gasteiger partial charge in [-0.1, -0.05) is 30.3 Å². The largest absolute Gasteiger partial charge is 0.467 e. The summed E-state index contributed by atoms with van der Waals surface area (Å²) in [4.78, 5) is 10.9. The molecule has 3 aromatic heterocycles. The van der Waals surface area contributed by atoms with Crippen LogP contribution in [0, 0.1) is 6.92 Å². The molecule has 0 saturated heterocycles. The Morgan fingerprint density at radius 2 is 1.96 bits per heavy atom. The standard InChI is InChI=1S/C18H14ClN3OS/c1-11-14(12-6-3-2-4-7-12)15-16(20-10-13-8-5-9-23-13)21-18(19)22-17(15)24-11/h2-9H,10H2,1H3,(H,20,21,22). The van der Waals surface area contributed by atoms with Crippen LogP contribution in [0.4, 0.5) is 5.82 Å². The monoisotopic (exact) mass is 355 g/mol. The number of furan rings is 1. The molecule has 1 aromatic carbocycles. The third-order valence-electron chi connectivity index (χ3n) is 3.77. The summed E-state index contributed by atoms with van der Waals surface area (Å²) in [6.45, 7) is 2.64. The van der Waals surface area contributed by atoms with Gasteiger partial charge in [-0.3, -0.25) is 0 Å². The van der Waals surface area contributed by atoms with Gasteiger partial charge in [0.25, 0.3) is 0 Å². The normalized spacial score (nSPS) is 11.1. The van der Waals surface area contributed by atoms with Gasteiger partial charge < -0.3 is 9.73 Å². The van der Waals surface area contributed by atoms with E-state index in [0.29, 0.717) is 6.54 Å². The van der Waals surface area contributed by atoms with Crippen LogP contribution in [0.2, 0.25) is 5.28 Å². The van der Waals surface area contributed by atoms with Crippen molar-refractivity contribution < 1.29 is 4.42 Å². The fraction of sp³-hybridized carbons (Fsp3) is 0.111. The molecule has 0 aliphatic rings. The Hall–Kier alpha value is -2.37. The summed E-state index contributed by atoms with van der Waals surface area (Å²) in [5.74, 6) is 1.57. The number of halogens is 1. The summed E-state index contributed by atoms with van der Waals surface area (Å²) < 4.78 is 5.38. The molecule has 0 atom stereocenters. The van der Waals surface area contributed by atoms with Gasteiger partial charge in [-0.2, -0.15) is 0 Å². The van der Waals surface area contributed by atoms with Gasteiger partial charge in [-0.15, -0.1) is 11.3 Å². The number of fused-ring (bicyclic) bond motifs is 1. The van der Waals surface area contributed by atoms with Crippen molar-refractivity contribution in [3.8, 4) is 11.1 Å². The minimum atomic E-state index is 0.241. The maximum absolute atomic E-state index is 6.11. The number of aryl methyl sites for hydroxylation is 1. The predicted molar refractivity (Wildman–Crippen MR) is 98.6 cm³/mol. The van der Waals surface area contributed by atoms with Crippen molar-refractivity contribution in [3.05, 3.63) is 64.6 Å². The Bertz CT molecular complexity index is 981. The van der Waals surface area contributed by atoms with E-state index in [-0.39, 0.29) is 5.28 Å². The van der Waals surface area contributed by atoms with E-state index in [2.05, 4.69) is 34.3 Å². The second-order valence-electron chi connectivity index (χ2n) is 5.35. The van der Waals surface area contributed by atoms with Crippen molar-refractivity contribution in [3.63, 3.8) is 0 Å². The van der Waals surface area contributed by atoms with Crippen molar-refractivity contribution in [2.75, 3.05) is 5.32 Å². The quantitative estimate of drug-likeness (QED) is 0.489. The molecule has 0 bridgehead atoms. The molecule has 0 aliphatic heterocycles. The van der Waals surface area contributed by atoms with Crippen molar-refractivity contribution >= 4 is 39.0 Å². The van der Waals surface area contributed by atoms with Crippen LogP contribution in [0.1, 0.15) is 10.6 Å². The minimum Gasteiger partial charge on any atom is -0.467 e. The average Bonchev–Trinajstić information content (AvgIpc) is 3.20. The lowest BCUT2D eigenvalue weighted by Crippen LogP contribution is -2.02. The Morgan fingerprint density at radius 3 is 2.71 bits per heavy atom. The van der Waals surface area contributed by atoms with Gasteiger partial charge in [-0.05, 0) is 36.2 Å². The summed E-state index contributed by atoms with van der Waals surface area (Å²) in [7, 11) is 0. The zero-order chi connectivity index (χ0) is 16.5. The van der Waals surface area contributed by atoms with Crippen LogP contribution in [-0.2, 0) is 6.54 Å². The van der Waals surface area contributed by atoms with Gasteiger partial charge >= 0.3 is 0 Å². The van der Waals surface area contributed by atoms with Gasteiger partial charge in [-0.25, -0.2) is 9.97 Å². The molecule has 6 heteroatoms. The van der Waals surface area contributed by atoms with Gasteiger partial charge in [0.2, 0.25) is 5.28 Å². The number of thiophene rings is 1. The number of rotatable bonds is 4. The van der Waals surface area contributed by atoms with Gasteiger partial charge in [0.05, 0.1) is 18.2 Å². The molecule has 0 unspecified atom stereocenters. The summed E-state index contributed by atoms with van der Waals surface area (Å²) in [5, 5.41) is 4.57. The first-order valence-corrected chi connectivity index (χ1v) is 8.70. The molecular formula is C18H14ClN3OS. The highest BCUT2D eigenvalue weighted by Gasteiger charge is 2.18. The fourth-order valence-corrected chi connectivity index (χ4v) is 4.01. The van der Waals surface area contributed by atoms with E-state index in [9.17, 15) is 0 Å². The number of nitrogens with one attached hydrogen (secondary N) is 1. The number of nitrogens with zero attached hydrogens (tertiary/aromatic N) is 2. The zero-order valence-corrected chi connectivity index (χ0v) is 14.5. The predicted octanol–water partition coefficient (Wildman–Crippen LogP) is 5.53. The highest BCUT2D eigenvalue weighted by molar-refractivity contribution is 7.19. The summed E-state index contributed by atoms with van der Waals surface area (Å²) >= 11 is 7.74. The SMILES string of the molecule is Cc1sc2nc(Cl)nc(NCc3ccco3)c2c1-c1ccccc1. The molecule has 0 saturated carbocycles. The molecule has 1 N–H and O–H groups in total. The molecule has 4 rings (SSSR count). The van der Waals surface area contributed by atoms with Crippen LogP contribution in [0.25, 0.3) is 21.3 Å². The lowest BCUT2D eigenvalue weighted by Gasteiger charge is -2.08. The first-order valence-electron chi connectivity index (χ1n) is 7.50. The summed E-state index contributed by atoms with van der Waals surface area (Å²) in [6.07, 6.45) is 1.66. The van der Waals surface area contributed by atoms with Crippen molar-refractivity contribution in [2.24, 2.45) is 0 Å². The Kier molecular flexibility index (Phi) is 3.96. The smallest absolute Gasteiger partial charge is 0.225 e. The Labute approximate surface area is 148 Å². The first-order chi connectivity index (χ1) is 11.7. The lowest BCUT2D eigenvalue weighted by atomic mass is 10.0. The Balaban J connectivity index is 1.85. The van der Waals surface area contributed by atoms with Crippen LogP contribution < -0.4 is 5.32 Å². The van der Waals surface area contributed by atoms with Crippen molar-refractivity contribution in [2.45, 2.75) is 13.5 Å². The summed E-state index contributed by atoms with van der Waals surface area (Å²) in [5.41, 5.74) is 2.29. The molecule has 0 amide bonds. The van der Waals surface area contributed by atoms with Crippen molar-refractivity contribution in [1.82, 2.24) is 9.97 Å². The fourth-order valence-electron chi connectivity index (χ4n) is 2.75. The van der Waals surface area contributed by atoms with Gasteiger partial charge in [0, 0.05) is 10.4 Å². The molecule has 0 radical (unpaired) electrons. The number of aromatic nitrogens is 2. The van der Waals surface area contributed by atoms with E-state index >= 15 is 0 Å². The molecule has 3 heterocycles. The lowest BCUT2D eigenvalue weighted by molar-refractivity contribution is 0.518. The van der Waals surface area contributed by atoms with Crippen LogP contribution in [0.15, 0.2) is 53.1 Å². The zero-order valence-electron chi connectivity index (χ0n) is 12.9. The topological polar surface area (TPSA) is 51.0 Å². The molecule has 120 valence electrons. The van der Waals surface area contributed by atoms with Crippen LogP contribution in [0.5, 0.6) is 0 Å². The second kappa shape index (κ2) is 6.26. The number of benzene rings is 1. The molecule has 4 aromatic rings. The third-order valence-corrected chi connectivity index (χ3v) is 4.94. The average molecular weight is 356 g/mol. The number of hydrogen-bond acceptors (Lipinski definition) is 5. The van der Waals surface area contributed by atoms with E-state index in [1.54, 1.807) is 17.6 Å². The first kappa shape index (κ1) is 15.2. The highest BCUT2D eigenvalue weighted by Crippen LogP contribution is 2.41. The van der Waals surface area contributed by atoms with E-state index in [1.165, 1.54) is 4.88 Å². The van der Waals surface area contributed by atoms with E-state index < -0.39 is 0 Å². The maximum atomic E-state index is 6.11. The van der Waals surface area contributed by atoms with E-state index in [4.69, 9.17) is 16.0 Å². The molecule has 0 fully saturated rings. The molecular weight excluding hydrogens is 342 g/mol. The molecule has 4 nitrogen and oxygen atoms in total. The highest BCUT2D eigenvalue weighted by atomic mass is 35.5. The molecule has 0 aliphatic carbocycles. The second-order valence-corrected chi connectivity index (χ2v) is 6.89. The molecule has 24 heavy (non-hydrogen) atoms. The third kappa shape index (κ3) is 2.77. The number of anilines is 1. The van der Waals surface area contributed by atoms with Gasteiger partial charge in [0.1, 0.15) is 16.4 Å². The molecule has 0 spiro atoms. The van der Waals surface area contributed by atoms with Crippen molar-refractivity contribution in [1.29, 1.82) is 0 Å². The maximum Gasteiger partial charge on any atom is 0.225 e. The van der Waals surface area contributed by atoms with E-state index in [0.717, 1.165) is 32.9 Å².